The Morgan fingerprint density at radius 1 is 1.23 bits per heavy atom. The van der Waals surface area contributed by atoms with Gasteiger partial charge in [-0.1, -0.05) is 17.7 Å². The Kier molecular flexibility index (Phi) is 6.27. The zero-order chi connectivity index (χ0) is 18.5. The molecule has 0 aromatic heterocycles. The Hall–Kier alpha value is -1.92. The molecule has 3 rings (SSSR count). The second-order valence-electron chi connectivity index (χ2n) is 7.23. The first kappa shape index (κ1) is 18.9. The lowest BCUT2D eigenvalue weighted by Gasteiger charge is -2.32. The minimum Gasteiger partial charge on any atom is -0.379 e. The van der Waals surface area contributed by atoms with Crippen molar-refractivity contribution in [2.45, 2.75) is 26.3 Å². The quantitative estimate of drug-likeness (QED) is 0.797. The lowest BCUT2D eigenvalue weighted by Crippen LogP contribution is -2.47. The number of morpholine rings is 1. The van der Waals surface area contributed by atoms with Crippen LogP contribution in [0.4, 0.5) is 0 Å². The van der Waals surface area contributed by atoms with Crippen molar-refractivity contribution in [3.8, 4) is 0 Å². The number of hydrogen-bond donors (Lipinski definition) is 0. The number of aryl methyl sites for hydroxylation is 1. The number of nitrogens with zero attached hydrogens (tertiary/aromatic N) is 3. The predicted octanol–water partition coefficient (Wildman–Crippen LogP) is 1.39. The third-order valence-electron chi connectivity index (χ3n) is 5.32. The highest BCUT2D eigenvalue weighted by molar-refractivity contribution is 5.94. The van der Waals surface area contributed by atoms with Gasteiger partial charge in [0.1, 0.15) is 0 Å². The molecule has 1 aromatic rings. The van der Waals surface area contributed by atoms with Gasteiger partial charge >= 0.3 is 0 Å². The maximum Gasteiger partial charge on any atom is 0.253 e. The molecule has 0 bridgehead atoms. The molecular weight excluding hydrogens is 330 g/mol. The van der Waals surface area contributed by atoms with E-state index in [1.807, 2.05) is 41.0 Å². The number of hydrogen-bond acceptors (Lipinski definition) is 4. The van der Waals surface area contributed by atoms with Crippen molar-refractivity contribution >= 4 is 11.8 Å². The summed E-state index contributed by atoms with van der Waals surface area (Å²) in [4.78, 5) is 31.1. The van der Waals surface area contributed by atoms with Crippen molar-refractivity contribution in [2.75, 3.05) is 52.5 Å². The highest BCUT2D eigenvalue weighted by atomic mass is 16.5. The van der Waals surface area contributed by atoms with E-state index in [9.17, 15) is 9.59 Å². The zero-order valence-electron chi connectivity index (χ0n) is 15.8. The van der Waals surface area contributed by atoms with Gasteiger partial charge in [0.25, 0.3) is 5.91 Å². The molecule has 142 valence electrons. The van der Waals surface area contributed by atoms with Gasteiger partial charge in [0.05, 0.1) is 19.3 Å². The van der Waals surface area contributed by atoms with Crippen LogP contribution in [0, 0.1) is 6.92 Å². The number of amides is 2. The van der Waals surface area contributed by atoms with E-state index in [1.165, 1.54) is 0 Å². The predicted molar refractivity (Wildman–Crippen MR) is 100 cm³/mol. The first-order valence-corrected chi connectivity index (χ1v) is 9.48. The summed E-state index contributed by atoms with van der Waals surface area (Å²) in [5, 5.41) is 0. The fourth-order valence-electron chi connectivity index (χ4n) is 3.81. The molecule has 2 amide bonds. The molecule has 26 heavy (non-hydrogen) atoms. The molecule has 1 unspecified atom stereocenters. The van der Waals surface area contributed by atoms with Crippen LogP contribution in [0.25, 0.3) is 0 Å². The van der Waals surface area contributed by atoms with Crippen LogP contribution in [0.2, 0.25) is 0 Å². The topological polar surface area (TPSA) is 53.1 Å². The third kappa shape index (κ3) is 4.62. The zero-order valence-corrected chi connectivity index (χ0v) is 15.8. The van der Waals surface area contributed by atoms with Gasteiger partial charge < -0.3 is 14.5 Å². The Morgan fingerprint density at radius 3 is 2.69 bits per heavy atom. The Bertz CT molecular complexity index is 643. The third-order valence-corrected chi connectivity index (χ3v) is 5.32. The fraction of sp³-hybridized carbons (Fsp3) is 0.600. The monoisotopic (exact) mass is 359 g/mol. The second kappa shape index (κ2) is 8.64. The molecule has 2 fully saturated rings. The van der Waals surface area contributed by atoms with Crippen molar-refractivity contribution in [1.82, 2.24) is 14.7 Å². The number of carbonyl (C=O) groups excluding carboxylic acids is 2. The van der Waals surface area contributed by atoms with Crippen LogP contribution in [0.15, 0.2) is 24.3 Å². The molecule has 6 heteroatoms. The Balaban J connectivity index is 1.57. The standard InChI is InChI=1S/C20H29N3O3/c1-16-4-3-5-18(14-16)20(25)22-7-6-19(15-22)23(17(2)24)9-8-21-10-12-26-13-11-21/h3-5,14,19H,6-13,15H2,1-2H3. The van der Waals surface area contributed by atoms with Gasteiger partial charge in [-0.25, -0.2) is 0 Å². The van der Waals surface area contributed by atoms with Crippen LogP contribution in [0.3, 0.4) is 0 Å². The number of rotatable bonds is 5. The van der Waals surface area contributed by atoms with Gasteiger partial charge in [0, 0.05) is 51.8 Å². The van der Waals surface area contributed by atoms with Crippen LogP contribution < -0.4 is 0 Å². The summed E-state index contributed by atoms with van der Waals surface area (Å²) in [6.45, 7) is 9.91. The maximum atomic E-state index is 12.7. The van der Waals surface area contributed by atoms with Crippen molar-refractivity contribution in [2.24, 2.45) is 0 Å². The number of likely N-dealkylation sites (tertiary alicyclic amines) is 1. The molecular formula is C20H29N3O3. The van der Waals surface area contributed by atoms with E-state index in [1.54, 1.807) is 6.92 Å². The fourth-order valence-corrected chi connectivity index (χ4v) is 3.81. The van der Waals surface area contributed by atoms with E-state index in [0.717, 1.165) is 50.4 Å². The molecule has 0 spiro atoms. The summed E-state index contributed by atoms with van der Waals surface area (Å²) in [7, 11) is 0. The van der Waals surface area contributed by atoms with Crippen molar-refractivity contribution in [3.05, 3.63) is 35.4 Å². The average Bonchev–Trinajstić information content (AvgIpc) is 3.11. The minimum atomic E-state index is 0.0629. The van der Waals surface area contributed by atoms with Gasteiger partial charge in [-0.2, -0.15) is 0 Å². The van der Waals surface area contributed by atoms with Gasteiger partial charge in [-0.3, -0.25) is 14.5 Å². The SMILES string of the molecule is CC(=O)N(CCN1CCOCC1)C1CCN(C(=O)c2cccc(C)c2)C1. The number of ether oxygens (including phenoxy) is 1. The summed E-state index contributed by atoms with van der Waals surface area (Å²) in [6.07, 6.45) is 0.847. The molecule has 6 nitrogen and oxygen atoms in total. The molecule has 2 heterocycles. The molecule has 0 N–H and O–H groups in total. The van der Waals surface area contributed by atoms with Crippen molar-refractivity contribution in [3.63, 3.8) is 0 Å². The number of carbonyl (C=O) groups is 2. The minimum absolute atomic E-state index is 0.0629. The van der Waals surface area contributed by atoms with Crippen molar-refractivity contribution < 1.29 is 14.3 Å². The first-order chi connectivity index (χ1) is 12.5. The van der Waals surface area contributed by atoms with Crippen LogP contribution in [-0.2, 0) is 9.53 Å². The maximum absolute atomic E-state index is 12.7. The summed E-state index contributed by atoms with van der Waals surface area (Å²) >= 11 is 0. The average molecular weight is 359 g/mol. The van der Waals surface area contributed by atoms with E-state index in [4.69, 9.17) is 4.74 Å². The first-order valence-electron chi connectivity index (χ1n) is 9.48. The van der Waals surface area contributed by atoms with Crippen molar-refractivity contribution in [1.29, 1.82) is 0 Å². The molecule has 2 saturated heterocycles. The lowest BCUT2D eigenvalue weighted by molar-refractivity contribution is -0.131. The van der Waals surface area contributed by atoms with Crippen LogP contribution in [-0.4, -0.2) is 85.0 Å². The molecule has 2 aliphatic rings. The molecule has 0 saturated carbocycles. The highest BCUT2D eigenvalue weighted by Gasteiger charge is 2.32. The van der Waals surface area contributed by atoms with E-state index in [0.29, 0.717) is 19.6 Å². The molecule has 1 aromatic carbocycles. The van der Waals surface area contributed by atoms with Gasteiger partial charge in [0.2, 0.25) is 5.91 Å². The molecule has 0 aliphatic carbocycles. The van der Waals surface area contributed by atoms with E-state index in [-0.39, 0.29) is 17.9 Å². The molecule has 1 atom stereocenters. The lowest BCUT2D eigenvalue weighted by atomic mass is 10.1. The summed E-state index contributed by atoms with van der Waals surface area (Å²) in [5.41, 5.74) is 1.82. The second-order valence-corrected chi connectivity index (χ2v) is 7.23. The van der Waals surface area contributed by atoms with Crippen LogP contribution >= 0.6 is 0 Å². The van der Waals surface area contributed by atoms with Gasteiger partial charge in [-0.15, -0.1) is 0 Å². The molecule has 0 radical (unpaired) electrons. The summed E-state index contributed by atoms with van der Waals surface area (Å²) in [5.74, 6) is 0.154. The van der Waals surface area contributed by atoms with E-state index < -0.39 is 0 Å². The van der Waals surface area contributed by atoms with Crippen LogP contribution in [0.1, 0.15) is 29.3 Å². The van der Waals surface area contributed by atoms with Gasteiger partial charge in [-0.05, 0) is 25.5 Å². The Labute approximate surface area is 155 Å². The smallest absolute Gasteiger partial charge is 0.253 e. The van der Waals surface area contributed by atoms with Gasteiger partial charge in [0.15, 0.2) is 0 Å². The summed E-state index contributed by atoms with van der Waals surface area (Å²) < 4.78 is 5.38. The number of benzene rings is 1. The van der Waals surface area contributed by atoms with E-state index >= 15 is 0 Å². The summed E-state index contributed by atoms with van der Waals surface area (Å²) in [6, 6.07) is 7.82. The van der Waals surface area contributed by atoms with Crippen LogP contribution in [0.5, 0.6) is 0 Å². The Morgan fingerprint density at radius 2 is 2.00 bits per heavy atom. The molecule has 2 aliphatic heterocycles. The van der Waals surface area contributed by atoms with E-state index in [2.05, 4.69) is 4.90 Å². The normalized spacial score (nSPS) is 21.0. The highest BCUT2D eigenvalue weighted by Crippen LogP contribution is 2.19. The largest absolute Gasteiger partial charge is 0.379 e.